The SMILES string of the molecule is CCCCCOc1nccc2cc(Br)ccc12. The van der Waals surface area contributed by atoms with Gasteiger partial charge in [0.05, 0.1) is 6.61 Å². The monoisotopic (exact) mass is 293 g/mol. The number of hydrogen-bond donors (Lipinski definition) is 0. The lowest BCUT2D eigenvalue weighted by atomic mass is 10.2. The number of rotatable bonds is 5. The van der Waals surface area contributed by atoms with Gasteiger partial charge in [-0.1, -0.05) is 35.7 Å². The molecule has 0 radical (unpaired) electrons. The predicted octanol–water partition coefficient (Wildman–Crippen LogP) is 4.57. The Labute approximate surface area is 110 Å². The number of ether oxygens (including phenoxy) is 1. The van der Waals surface area contributed by atoms with Crippen LogP contribution < -0.4 is 4.74 Å². The third-order valence-electron chi connectivity index (χ3n) is 2.68. The largest absolute Gasteiger partial charge is 0.477 e. The van der Waals surface area contributed by atoms with Crippen molar-refractivity contribution in [2.24, 2.45) is 0 Å². The molecule has 0 saturated carbocycles. The molecule has 0 unspecified atom stereocenters. The molecule has 1 aromatic carbocycles. The van der Waals surface area contributed by atoms with Gasteiger partial charge in [0.25, 0.3) is 0 Å². The van der Waals surface area contributed by atoms with Crippen LogP contribution in [0.2, 0.25) is 0 Å². The lowest BCUT2D eigenvalue weighted by molar-refractivity contribution is 0.299. The summed E-state index contributed by atoms with van der Waals surface area (Å²) in [6, 6.07) is 8.14. The molecule has 2 rings (SSSR count). The zero-order valence-corrected chi connectivity index (χ0v) is 11.5. The van der Waals surface area contributed by atoms with Crippen molar-refractivity contribution in [1.82, 2.24) is 4.98 Å². The van der Waals surface area contributed by atoms with Crippen LogP contribution in [0.1, 0.15) is 26.2 Å². The minimum absolute atomic E-state index is 0.742. The fourth-order valence-corrected chi connectivity index (χ4v) is 2.14. The van der Waals surface area contributed by atoms with Crippen molar-refractivity contribution in [3.8, 4) is 5.88 Å². The quantitative estimate of drug-likeness (QED) is 0.754. The zero-order chi connectivity index (χ0) is 12.1. The van der Waals surface area contributed by atoms with E-state index in [9.17, 15) is 0 Å². The first-order valence-corrected chi connectivity index (χ1v) is 6.77. The molecule has 1 heterocycles. The second-order valence-corrected chi connectivity index (χ2v) is 4.95. The van der Waals surface area contributed by atoms with Crippen molar-refractivity contribution >= 4 is 26.7 Å². The van der Waals surface area contributed by atoms with Crippen LogP contribution in [0.3, 0.4) is 0 Å². The van der Waals surface area contributed by atoms with Gasteiger partial charge in [-0.25, -0.2) is 4.98 Å². The van der Waals surface area contributed by atoms with Crippen LogP contribution in [0.4, 0.5) is 0 Å². The Kier molecular flexibility index (Phi) is 4.37. The molecule has 0 fully saturated rings. The maximum absolute atomic E-state index is 5.73. The van der Waals surface area contributed by atoms with Gasteiger partial charge in [0.2, 0.25) is 5.88 Å². The van der Waals surface area contributed by atoms with Gasteiger partial charge in [0.1, 0.15) is 0 Å². The maximum atomic E-state index is 5.73. The fraction of sp³-hybridized carbons (Fsp3) is 0.357. The first-order valence-electron chi connectivity index (χ1n) is 5.98. The first kappa shape index (κ1) is 12.4. The number of benzene rings is 1. The second kappa shape index (κ2) is 6.01. The molecule has 0 N–H and O–H groups in total. The molecule has 90 valence electrons. The molecule has 3 heteroatoms. The van der Waals surface area contributed by atoms with E-state index in [0.29, 0.717) is 0 Å². The molecule has 2 aromatic rings. The van der Waals surface area contributed by atoms with Gasteiger partial charge in [0, 0.05) is 16.1 Å². The summed E-state index contributed by atoms with van der Waals surface area (Å²) in [7, 11) is 0. The smallest absolute Gasteiger partial charge is 0.221 e. The highest BCUT2D eigenvalue weighted by molar-refractivity contribution is 9.10. The van der Waals surface area contributed by atoms with Gasteiger partial charge >= 0.3 is 0 Å². The number of aromatic nitrogens is 1. The Hall–Kier alpha value is -1.09. The van der Waals surface area contributed by atoms with Crippen molar-refractivity contribution in [2.75, 3.05) is 6.61 Å². The Balaban J connectivity index is 2.16. The van der Waals surface area contributed by atoms with E-state index < -0.39 is 0 Å². The van der Waals surface area contributed by atoms with Crippen molar-refractivity contribution in [3.63, 3.8) is 0 Å². The second-order valence-electron chi connectivity index (χ2n) is 4.04. The first-order chi connectivity index (χ1) is 8.31. The number of nitrogens with zero attached hydrogens (tertiary/aromatic N) is 1. The van der Waals surface area contributed by atoms with Crippen LogP contribution in [0.15, 0.2) is 34.9 Å². The summed E-state index contributed by atoms with van der Waals surface area (Å²) < 4.78 is 6.81. The average molecular weight is 294 g/mol. The predicted molar refractivity (Wildman–Crippen MR) is 74.5 cm³/mol. The summed E-state index contributed by atoms with van der Waals surface area (Å²) >= 11 is 3.47. The highest BCUT2D eigenvalue weighted by Gasteiger charge is 2.03. The average Bonchev–Trinajstić information content (AvgIpc) is 2.34. The Morgan fingerprint density at radius 2 is 2.12 bits per heavy atom. The number of unbranched alkanes of at least 4 members (excludes halogenated alkanes) is 2. The van der Waals surface area contributed by atoms with E-state index >= 15 is 0 Å². The van der Waals surface area contributed by atoms with Crippen LogP contribution in [0.5, 0.6) is 5.88 Å². The highest BCUT2D eigenvalue weighted by atomic mass is 79.9. The lowest BCUT2D eigenvalue weighted by Crippen LogP contribution is -1.99. The summed E-state index contributed by atoms with van der Waals surface area (Å²) in [4.78, 5) is 4.30. The molecule has 0 spiro atoms. The van der Waals surface area contributed by atoms with Crippen molar-refractivity contribution in [2.45, 2.75) is 26.2 Å². The minimum Gasteiger partial charge on any atom is -0.477 e. The summed E-state index contributed by atoms with van der Waals surface area (Å²) in [5.41, 5.74) is 0. The molecule has 0 aliphatic carbocycles. The molecule has 0 amide bonds. The van der Waals surface area contributed by atoms with E-state index in [0.717, 1.165) is 34.2 Å². The lowest BCUT2D eigenvalue weighted by Gasteiger charge is -2.07. The maximum Gasteiger partial charge on any atom is 0.221 e. The van der Waals surface area contributed by atoms with E-state index in [1.165, 1.54) is 12.8 Å². The van der Waals surface area contributed by atoms with Gasteiger partial charge in [-0.3, -0.25) is 0 Å². The number of hydrogen-bond acceptors (Lipinski definition) is 2. The molecule has 0 aliphatic heterocycles. The van der Waals surface area contributed by atoms with E-state index in [4.69, 9.17) is 4.74 Å². The van der Waals surface area contributed by atoms with Crippen LogP contribution in [0.25, 0.3) is 10.8 Å². The van der Waals surface area contributed by atoms with Crippen molar-refractivity contribution in [1.29, 1.82) is 0 Å². The zero-order valence-electron chi connectivity index (χ0n) is 9.95. The van der Waals surface area contributed by atoms with Gasteiger partial charge in [-0.2, -0.15) is 0 Å². The minimum atomic E-state index is 0.742. The van der Waals surface area contributed by atoms with Crippen LogP contribution in [-0.2, 0) is 0 Å². The van der Waals surface area contributed by atoms with Crippen LogP contribution in [-0.4, -0.2) is 11.6 Å². The van der Waals surface area contributed by atoms with Gasteiger partial charge < -0.3 is 4.74 Å². The van der Waals surface area contributed by atoms with Crippen molar-refractivity contribution < 1.29 is 4.74 Å². The summed E-state index contributed by atoms with van der Waals surface area (Å²) in [6.45, 7) is 2.93. The van der Waals surface area contributed by atoms with E-state index in [1.807, 2.05) is 18.2 Å². The van der Waals surface area contributed by atoms with Crippen LogP contribution >= 0.6 is 15.9 Å². The summed E-state index contributed by atoms with van der Waals surface area (Å²) in [6.07, 6.45) is 5.30. The standard InChI is InChI=1S/C14H16BrNO/c1-2-3-4-9-17-14-13-6-5-12(15)10-11(13)7-8-16-14/h5-8,10H,2-4,9H2,1H3. The molecular weight excluding hydrogens is 278 g/mol. The number of pyridine rings is 1. The fourth-order valence-electron chi connectivity index (χ4n) is 1.76. The normalized spacial score (nSPS) is 10.7. The number of halogens is 1. The molecule has 0 aliphatic rings. The highest BCUT2D eigenvalue weighted by Crippen LogP contribution is 2.26. The van der Waals surface area contributed by atoms with E-state index in [2.05, 4.69) is 33.9 Å². The third kappa shape index (κ3) is 3.19. The van der Waals surface area contributed by atoms with E-state index in [-0.39, 0.29) is 0 Å². The molecular formula is C14H16BrNO. The molecule has 17 heavy (non-hydrogen) atoms. The van der Waals surface area contributed by atoms with Gasteiger partial charge in [-0.05, 0) is 36.1 Å². The Morgan fingerprint density at radius 3 is 2.94 bits per heavy atom. The van der Waals surface area contributed by atoms with Gasteiger partial charge in [-0.15, -0.1) is 0 Å². The Morgan fingerprint density at radius 1 is 1.24 bits per heavy atom. The van der Waals surface area contributed by atoms with Gasteiger partial charge in [0.15, 0.2) is 0 Å². The molecule has 0 saturated heterocycles. The molecule has 2 nitrogen and oxygen atoms in total. The molecule has 0 bridgehead atoms. The van der Waals surface area contributed by atoms with E-state index in [1.54, 1.807) is 6.20 Å². The van der Waals surface area contributed by atoms with Crippen LogP contribution in [0, 0.1) is 0 Å². The summed E-state index contributed by atoms with van der Waals surface area (Å²) in [5, 5.41) is 2.23. The molecule has 0 atom stereocenters. The Bertz CT molecular complexity index is 499. The third-order valence-corrected chi connectivity index (χ3v) is 3.17. The molecule has 1 aromatic heterocycles. The number of fused-ring (bicyclic) bond motifs is 1. The topological polar surface area (TPSA) is 22.1 Å². The van der Waals surface area contributed by atoms with Crippen molar-refractivity contribution in [3.05, 3.63) is 34.9 Å². The summed E-state index contributed by atoms with van der Waals surface area (Å²) in [5.74, 6) is 0.742.